The standard InChI is InChI=1S/C25H42F2N4O6/c1-8-10-15-12-14-31(22(35)19(24(3,4)5)30-23(36)37-7)17(15)20(33)29-16(11-13-25(6,26)27)18(32)21(34)28-9-2/h15-17,19H,8-14H2,1-7H3,(H,28,34)(H,29,33)(H,30,36)/t15-,16-,17-,19+/m0/s1. The van der Waals surface area contributed by atoms with E-state index < -0.39 is 71.9 Å². The van der Waals surface area contributed by atoms with E-state index in [1.807, 2.05) is 6.92 Å². The van der Waals surface area contributed by atoms with Gasteiger partial charge in [-0.15, -0.1) is 0 Å². The summed E-state index contributed by atoms with van der Waals surface area (Å²) >= 11 is 0. The third-order valence-electron chi connectivity index (χ3n) is 6.36. The zero-order valence-corrected chi connectivity index (χ0v) is 22.9. The van der Waals surface area contributed by atoms with Gasteiger partial charge in [0.2, 0.25) is 23.5 Å². The third kappa shape index (κ3) is 9.55. The molecule has 1 aliphatic heterocycles. The molecular formula is C25H42F2N4O6. The summed E-state index contributed by atoms with van der Waals surface area (Å²) in [4.78, 5) is 65.3. The molecule has 0 bridgehead atoms. The highest BCUT2D eigenvalue weighted by Gasteiger charge is 2.46. The van der Waals surface area contributed by atoms with Crippen molar-refractivity contribution < 1.29 is 37.5 Å². The van der Waals surface area contributed by atoms with Gasteiger partial charge in [0.15, 0.2) is 0 Å². The number of ketones is 1. The molecule has 0 radical (unpaired) electrons. The van der Waals surface area contributed by atoms with Gasteiger partial charge in [-0.1, -0.05) is 34.1 Å². The van der Waals surface area contributed by atoms with E-state index in [1.165, 1.54) is 12.0 Å². The van der Waals surface area contributed by atoms with Crippen molar-refractivity contribution in [1.82, 2.24) is 20.9 Å². The van der Waals surface area contributed by atoms with Crippen LogP contribution >= 0.6 is 0 Å². The number of likely N-dealkylation sites (N-methyl/N-ethyl adjacent to an activating group) is 1. The smallest absolute Gasteiger partial charge is 0.407 e. The molecule has 12 heteroatoms. The molecule has 0 unspecified atom stereocenters. The van der Waals surface area contributed by atoms with E-state index in [2.05, 4.69) is 20.7 Å². The van der Waals surface area contributed by atoms with Crippen LogP contribution in [0.1, 0.15) is 73.6 Å². The first kappa shape index (κ1) is 32.2. The second-order valence-electron chi connectivity index (χ2n) is 10.6. The van der Waals surface area contributed by atoms with Gasteiger partial charge in [-0.3, -0.25) is 19.2 Å². The molecule has 0 saturated carbocycles. The number of carbonyl (C=O) groups excluding carboxylic acids is 5. The summed E-state index contributed by atoms with van der Waals surface area (Å²) in [6.07, 6.45) is -0.124. The minimum Gasteiger partial charge on any atom is -0.453 e. The van der Waals surface area contributed by atoms with Crippen LogP contribution in [-0.2, 0) is 23.9 Å². The maximum Gasteiger partial charge on any atom is 0.407 e. The van der Waals surface area contributed by atoms with Crippen LogP contribution < -0.4 is 16.0 Å². The minimum atomic E-state index is -3.11. The first-order valence-electron chi connectivity index (χ1n) is 12.7. The highest BCUT2D eigenvalue weighted by atomic mass is 19.3. The van der Waals surface area contributed by atoms with Crippen LogP contribution in [0.25, 0.3) is 0 Å². The number of nitrogens with zero attached hydrogens (tertiary/aromatic N) is 1. The Morgan fingerprint density at radius 1 is 1.05 bits per heavy atom. The van der Waals surface area contributed by atoms with Crippen molar-refractivity contribution in [3.63, 3.8) is 0 Å². The largest absolute Gasteiger partial charge is 0.453 e. The Labute approximate surface area is 217 Å². The van der Waals surface area contributed by atoms with Gasteiger partial charge in [-0.25, -0.2) is 13.6 Å². The number of likely N-dealkylation sites (tertiary alicyclic amines) is 1. The zero-order valence-electron chi connectivity index (χ0n) is 22.9. The topological polar surface area (TPSA) is 134 Å². The number of methoxy groups -OCH3 is 1. The summed E-state index contributed by atoms with van der Waals surface area (Å²) < 4.78 is 31.8. The molecule has 0 aromatic rings. The summed E-state index contributed by atoms with van der Waals surface area (Å²) in [5.74, 6) is -6.56. The van der Waals surface area contributed by atoms with Crippen molar-refractivity contribution in [2.45, 2.75) is 97.7 Å². The fraction of sp³-hybridized carbons (Fsp3) is 0.800. The number of amides is 4. The number of rotatable bonds is 12. The Balaban J connectivity index is 3.30. The van der Waals surface area contributed by atoms with Crippen molar-refractivity contribution in [3.8, 4) is 0 Å². The van der Waals surface area contributed by atoms with Crippen molar-refractivity contribution in [2.24, 2.45) is 11.3 Å². The summed E-state index contributed by atoms with van der Waals surface area (Å²) in [7, 11) is 1.18. The number of carbonyl (C=O) groups is 5. The van der Waals surface area contributed by atoms with Crippen LogP contribution in [0.15, 0.2) is 0 Å². The molecule has 1 fully saturated rings. The molecule has 4 atom stereocenters. The zero-order chi connectivity index (χ0) is 28.6. The van der Waals surface area contributed by atoms with Crippen molar-refractivity contribution >= 4 is 29.6 Å². The van der Waals surface area contributed by atoms with E-state index in [1.54, 1.807) is 27.7 Å². The molecule has 0 aromatic carbocycles. The van der Waals surface area contributed by atoms with Crippen molar-refractivity contribution in [1.29, 1.82) is 0 Å². The van der Waals surface area contributed by atoms with Crippen molar-refractivity contribution in [2.75, 3.05) is 20.2 Å². The molecule has 1 saturated heterocycles. The molecule has 4 amide bonds. The lowest BCUT2D eigenvalue weighted by Crippen LogP contribution is -2.60. The van der Waals surface area contributed by atoms with Gasteiger partial charge in [-0.2, -0.15) is 0 Å². The summed E-state index contributed by atoms with van der Waals surface area (Å²) in [6, 6.07) is -3.48. The average Bonchev–Trinajstić information content (AvgIpc) is 3.21. The van der Waals surface area contributed by atoms with Crippen molar-refractivity contribution in [3.05, 3.63) is 0 Å². The van der Waals surface area contributed by atoms with E-state index in [0.29, 0.717) is 19.8 Å². The molecule has 0 aromatic heterocycles. The van der Waals surface area contributed by atoms with Crippen LogP contribution in [0.4, 0.5) is 13.6 Å². The number of alkyl carbamates (subject to hydrolysis) is 1. The maximum atomic E-state index is 13.6. The number of ether oxygens (including phenoxy) is 1. The number of Topliss-reactive ketones (excluding diaryl/α,β-unsaturated/α-hetero) is 1. The molecule has 0 aliphatic carbocycles. The monoisotopic (exact) mass is 532 g/mol. The van der Waals surface area contributed by atoms with Gasteiger partial charge in [0.1, 0.15) is 12.1 Å². The second-order valence-corrected chi connectivity index (χ2v) is 10.6. The third-order valence-corrected chi connectivity index (χ3v) is 6.36. The maximum absolute atomic E-state index is 13.6. The predicted molar refractivity (Wildman–Crippen MR) is 133 cm³/mol. The molecule has 1 heterocycles. The van der Waals surface area contributed by atoms with E-state index in [9.17, 15) is 32.8 Å². The van der Waals surface area contributed by atoms with Gasteiger partial charge in [-0.05, 0) is 44.4 Å². The molecule has 3 N–H and O–H groups in total. The second kappa shape index (κ2) is 13.7. The molecule has 1 aliphatic rings. The van der Waals surface area contributed by atoms with Gasteiger partial charge in [0.25, 0.3) is 5.91 Å². The fourth-order valence-corrected chi connectivity index (χ4v) is 4.45. The molecule has 1 rings (SSSR count). The van der Waals surface area contributed by atoms with Gasteiger partial charge < -0.3 is 25.6 Å². The summed E-state index contributed by atoms with van der Waals surface area (Å²) in [6.45, 7) is 9.88. The van der Waals surface area contributed by atoms with E-state index >= 15 is 0 Å². The number of hydrogen-bond acceptors (Lipinski definition) is 6. The van der Waals surface area contributed by atoms with E-state index in [4.69, 9.17) is 0 Å². The van der Waals surface area contributed by atoms with Crippen LogP contribution in [0.2, 0.25) is 0 Å². The minimum absolute atomic E-state index is 0.153. The van der Waals surface area contributed by atoms with E-state index in [-0.39, 0.29) is 19.0 Å². The Hall–Kier alpha value is -2.79. The quantitative estimate of drug-likeness (QED) is 0.331. The lowest BCUT2D eigenvalue weighted by molar-refractivity contribution is -0.144. The molecular weight excluding hydrogens is 490 g/mol. The van der Waals surface area contributed by atoms with Crippen LogP contribution in [0.3, 0.4) is 0 Å². The normalized spacial score (nSPS) is 19.5. The van der Waals surface area contributed by atoms with E-state index in [0.717, 1.165) is 6.42 Å². The fourth-order valence-electron chi connectivity index (χ4n) is 4.45. The number of nitrogens with one attached hydrogen (secondary N) is 3. The first-order valence-corrected chi connectivity index (χ1v) is 12.7. The highest BCUT2D eigenvalue weighted by Crippen LogP contribution is 2.32. The Morgan fingerprint density at radius 3 is 2.16 bits per heavy atom. The molecule has 212 valence electrons. The molecule has 10 nitrogen and oxygen atoms in total. The Bertz CT molecular complexity index is 840. The Morgan fingerprint density at radius 2 is 1.68 bits per heavy atom. The molecule has 0 spiro atoms. The van der Waals surface area contributed by atoms with Gasteiger partial charge in [0.05, 0.1) is 13.2 Å². The highest BCUT2D eigenvalue weighted by molar-refractivity contribution is 6.38. The van der Waals surface area contributed by atoms with Crippen LogP contribution in [-0.4, -0.2) is 78.7 Å². The van der Waals surface area contributed by atoms with Crippen LogP contribution in [0, 0.1) is 11.3 Å². The molecule has 37 heavy (non-hydrogen) atoms. The number of hydrogen-bond donors (Lipinski definition) is 3. The lowest BCUT2D eigenvalue weighted by Gasteiger charge is -2.36. The number of alkyl halides is 2. The first-order chi connectivity index (χ1) is 17.1. The summed E-state index contributed by atoms with van der Waals surface area (Å²) in [5, 5.41) is 7.36. The average molecular weight is 533 g/mol. The number of halogens is 2. The lowest BCUT2D eigenvalue weighted by atomic mass is 9.85. The van der Waals surface area contributed by atoms with Crippen LogP contribution in [0.5, 0.6) is 0 Å². The Kier molecular flexibility index (Phi) is 11.9. The van der Waals surface area contributed by atoms with Gasteiger partial charge >= 0.3 is 6.09 Å². The van der Waals surface area contributed by atoms with Gasteiger partial charge in [0, 0.05) is 19.5 Å². The predicted octanol–water partition coefficient (Wildman–Crippen LogP) is 2.40. The SMILES string of the molecule is CCC[C@H]1CCN(C(=O)[C@@H](NC(=O)OC)C(C)(C)C)[C@@H]1C(=O)N[C@@H](CCC(C)(F)F)C(=O)C(=O)NCC. The summed E-state index contributed by atoms with van der Waals surface area (Å²) in [5.41, 5.74) is -0.724.